The Balaban J connectivity index is 1.72. The standard InChI is InChI=1S/C21H27N5O/c1-13-10-14(2)26(23-13)20-9-7-8-19(11-20)21(27)22-12-15(3)25-18(6)16(4)17(5)24-25/h7-11,15H,12H2,1-6H3,(H,22,27). The molecule has 0 saturated heterocycles. The van der Waals surface area contributed by atoms with Gasteiger partial charge in [0, 0.05) is 23.5 Å². The van der Waals surface area contributed by atoms with Gasteiger partial charge in [0.1, 0.15) is 0 Å². The Hall–Kier alpha value is -2.89. The fourth-order valence-electron chi connectivity index (χ4n) is 3.27. The molecule has 2 heterocycles. The topological polar surface area (TPSA) is 64.7 Å². The largest absolute Gasteiger partial charge is 0.350 e. The average molecular weight is 365 g/mol. The van der Waals surface area contributed by atoms with E-state index in [2.05, 4.69) is 36.3 Å². The molecular weight excluding hydrogens is 338 g/mol. The molecule has 3 rings (SSSR count). The molecule has 0 saturated carbocycles. The highest BCUT2D eigenvalue weighted by atomic mass is 16.1. The van der Waals surface area contributed by atoms with Gasteiger partial charge in [-0.2, -0.15) is 10.2 Å². The van der Waals surface area contributed by atoms with Gasteiger partial charge in [-0.25, -0.2) is 4.68 Å². The van der Waals surface area contributed by atoms with Crippen molar-refractivity contribution in [2.24, 2.45) is 0 Å². The van der Waals surface area contributed by atoms with Gasteiger partial charge in [-0.15, -0.1) is 0 Å². The zero-order valence-electron chi connectivity index (χ0n) is 16.9. The summed E-state index contributed by atoms with van der Waals surface area (Å²) in [5.41, 5.74) is 6.87. The predicted octanol–water partition coefficient (Wildman–Crippen LogP) is 3.60. The minimum absolute atomic E-state index is 0.0838. The first-order valence-corrected chi connectivity index (χ1v) is 9.22. The highest BCUT2D eigenvalue weighted by molar-refractivity contribution is 5.94. The first-order chi connectivity index (χ1) is 12.8. The van der Waals surface area contributed by atoms with E-state index in [1.165, 1.54) is 5.56 Å². The Morgan fingerprint density at radius 2 is 1.85 bits per heavy atom. The van der Waals surface area contributed by atoms with Crippen LogP contribution in [0.4, 0.5) is 0 Å². The van der Waals surface area contributed by atoms with Crippen molar-refractivity contribution in [1.82, 2.24) is 24.9 Å². The van der Waals surface area contributed by atoms with Crippen molar-refractivity contribution in [3.63, 3.8) is 0 Å². The molecule has 2 aromatic heterocycles. The number of rotatable bonds is 5. The lowest BCUT2D eigenvalue weighted by Crippen LogP contribution is -2.30. The molecule has 0 aliphatic heterocycles. The van der Waals surface area contributed by atoms with Gasteiger partial charge in [0.15, 0.2) is 0 Å². The van der Waals surface area contributed by atoms with Gasteiger partial charge in [-0.05, 0) is 71.4 Å². The van der Waals surface area contributed by atoms with Gasteiger partial charge in [0.05, 0.1) is 23.1 Å². The van der Waals surface area contributed by atoms with Gasteiger partial charge in [-0.3, -0.25) is 9.48 Å². The third kappa shape index (κ3) is 3.79. The van der Waals surface area contributed by atoms with Crippen LogP contribution >= 0.6 is 0 Å². The van der Waals surface area contributed by atoms with Crippen LogP contribution in [-0.4, -0.2) is 32.0 Å². The van der Waals surface area contributed by atoms with Gasteiger partial charge in [0.2, 0.25) is 0 Å². The molecule has 0 aliphatic rings. The van der Waals surface area contributed by atoms with Crippen molar-refractivity contribution in [2.75, 3.05) is 6.54 Å². The van der Waals surface area contributed by atoms with E-state index in [1.807, 2.05) is 60.5 Å². The van der Waals surface area contributed by atoms with Gasteiger partial charge >= 0.3 is 0 Å². The molecule has 1 amide bonds. The number of nitrogens with zero attached hydrogens (tertiary/aromatic N) is 4. The van der Waals surface area contributed by atoms with E-state index in [0.29, 0.717) is 12.1 Å². The van der Waals surface area contributed by atoms with Crippen LogP contribution < -0.4 is 5.32 Å². The number of carbonyl (C=O) groups excluding carboxylic acids is 1. The normalized spacial score (nSPS) is 12.2. The van der Waals surface area contributed by atoms with Gasteiger partial charge in [0.25, 0.3) is 5.91 Å². The van der Waals surface area contributed by atoms with E-state index < -0.39 is 0 Å². The molecule has 1 aromatic carbocycles. The zero-order valence-corrected chi connectivity index (χ0v) is 16.9. The quantitative estimate of drug-likeness (QED) is 0.751. The third-order valence-corrected chi connectivity index (χ3v) is 5.02. The van der Waals surface area contributed by atoms with Crippen LogP contribution in [0.3, 0.4) is 0 Å². The van der Waals surface area contributed by atoms with Crippen LogP contribution in [0.5, 0.6) is 0 Å². The number of benzene rings is 1. The summed E-state index contributed by atoms with van der Waals surface area (Å²) < 4.78 is 3.84. The zero-order chi connectivity index (χ0) is 19.7. The van der Waals surface area contributed by atoms with E-state index in [1.54, 1.807) is 0 Å². The van der Waals surface area contributed by atoms with Crippen molar-refractivity contribution < 1.29 is 4.79 Å². The number of aryl methyl sites for hydroxylation is 3. The lowest BCUT2D eigenvalue weighted by atomic mass is 10.1. The first kappa shape index (κ1) is 18.9. The Bertz CT molecular complexity index is 983. The van der Waals surface area contributed by atoms with Crippen LogP contribution in [0.25, 0.3) is 5.69 Å². The molecule has 1 unspecified atom stereocenters. The minimum atomic E-state index is -0.0940. The maximum atomic E-state index is 12.6. The highest BCUT2D eigenvalue weighted by Crippen LogP contribution is 2.17. The van der Waals surface area contributed by atoms with E-state index >= 15 is 0 Å². The molecule has 0 spiro atoms. The summed E-state index contributed by atoms with van der Waals surface area (Å²) in [4.78, 5) is 12.6. The van der Waals surface area contributed by atoms with Crippen molar-refractivity contribution in [3.05, 3.63) is 64.2 Å². The Morgan fingerprint density at radius 1 is 1.11 bits per heavy atom. The number of amides is 1. The second kappa shape index (κ2) is 7.39. The molecule has 0 aliphatic carbocycles. The smallest absolute Gasteiger partial charge is 0.251 e. The fraction of sp³-hybridized carbons (Fsp3) is 0.381. The lowest BCUT2D eigenvalue weighted by molar-refractivity contribution is 0.0947. The van der Waals surface area contributed by atoms with Crippen LogP contribution in [0.1, 0.15) is 51.7 Å². The Kier molecular flexibility index (Phi) is 5.17. The molecule has 3 aromatic rings. The number of hydrogen-bond acceptors (Lipinski definition) is 3. The van der Waals surface area contributed by atoms with E-state index in [9.17, 15) is 4.79 Å². The molecule has 27 heavy (non-hydrogen) atoms. The Morgan fingerprint density at radius 3 is 2.44 bits per heavy atom. The summed E-state index contributed by atoms with van der Waals surface area (Å²) in [6, 6.07) is 9.63. The van der Waals surface area contributed by atoms with E-state index in [0.717, 1.165) is 28.5 Å². The molecule has 0 bridgehead atoms. The number of nitrogens with one attached hydrogen (secondary N) is 1. The molecule has 1 atom stereocenters. The van der Waals surface area contributed by atoms with Crippen molar-refractivity contribution >= 4 is 5.91 Å². The Labute approximate surface area is 160 Å². The summed E-state index contributed by atoms with van der Waals surface area (Å²) in [5, 5.41) is 12.1. The summed E-state index contributed by atoms with van der Waals surface area (Å²) in [6.07, 6.45) is 0. The van der Waals surface area contributed by atoms with Crippen LogP contribution in [0, 0.1) is 34.6 Å². The summed E-state index contributed by atoms with van der Waals surface area (Å²) in [7, 11) is 0. The maximum absolute atomic E-state index is 12.6. The monoisotopic (exact) mass is 365 g/mol. The third-order valence-electron chi connectivity index (χ3n) is 5.02. The van der Waals surface area contributed by atoms with Crippen LogP contribution in [0.15, 0.2) is 30.3 Å². The van der Waals surface area contributed by atoms with E-state index in [-0.39, 0.29) is 11.9 Å². The lowest BCUT2D eigenvalue weighted by Gasteiger charge is -2.16. The molecule has 1 N–H and O–H groups in total. The second-order valence-electron chi connectivity index (χ2n) is 7.19. The SMILES string of the molecule is Cc1cc(C)n(-c2cccc(C(=O)NCC(C)n3nc(C)c(C)c3C)c2)n1. The first-order valence-electron chi connectivity index (χ1n) is 9.22. The molecule has 142 valence electrons. The molecular formula is C21H27N5O. The number of hydrogen-bond donors (Lipinski definition) is 1. The fourth-order valence-corrected chi connectivity index (χ4v) is 3.27. The molecule has 6 heteroatoms. The van der Waals surface area contributed by atoms with Gasteiger partial charge < -0.3 is 5.32 Å². The second-order valence-corrected chi connectivity index (χ2v) is 7.19. The van der Waals surface area contributed by atoms with Crippen molar-refractivity contribution in [3.8, 4) is 5.69 Å². The average Bonchev–Trinajstić information content (AvgIpc) is 3.12. The number of aromatic nitrogens is 4. The summed E-state index contributed by atoms with van der Waals surface area (Å²) in [6.45, 7) is 12.7. The van der Waals surface area contributed by atoms with Gasteiger partial charge in [-0.1, -0.05) is 6.07 Å². The minimum Gasteiger partial charge on any atom is -0.350 e. The van der Waals surface area contributed by atoms with Crippen LogP contribution in [0.2, 0.25) is 0 Å². The van der Waals surface area contributed by atoms with Crippen LogP contribution in [-0.2, 0) is 0 Å². The summed E-state index contributed by atoms with van der Waals surface area (Å²) >= 11 is 0. The maximum Gasteiger partial charge on any atom is 0.251 e. The highest BCUT2D eigenvalue weighted by Gasteiger charge is 2.15. The molecule has 0 fully saturated rings. The summed E-state index contributed by atoms with van der Waals surface area (Å²) in [5.74, 6) is -0.0940. The molecule has 0 radical (unpaired) electrons. The number of carbonyl (C=O) groups is 1. The van der Waals surface area contributed by atoms with Crippen molar-refractivity contribution in [2.45, 2.75) is 47.6 Å². The van der Waals surface area contributed by atoms with Crippen molar-refractivity contribution in [1.29, 1.82) is 0 Å². The predicted molar refractivity (Wildman–Crippen MR) is 107 cm³/mol. The van der Waals surface area contributed by atoms with E-state index in [4.69, 9.17) is 0 Å². The molecule has 6 nitrogen and oxygen atoms in total.